The number of carboxylic acids is 1. The molecule has 2 heteroatoms. The molecule has 0 aliphatic heterocycles. The molecule has 70 valence electrons. The number of aliphatic carboxylic acids is 1. The van der Waals surface area contributed by atoms with Crippen LogP contribution >= 0.6 is 0 Å². The molecular formula is C10H18O2. The maximum absolute atomic E-state index is 10.9. The van der Waals surface area contributed by atoms with Gasteiger partial charge in [-0.15, -0.1) is 0 Å². The van der Waals surface area contributed by atoms with E-state index in [2.05, 4.69) is 20.8 Å². The van der Waals surface area contributed by atoms with Crippen LogP contribution in [0.25, 0.3) is 0 Å². The predicted molar refractivity (Wildman–Crippen MR) is 47.9 cm³/mol. The minimum absolute atomic E-state index is 0.0926. The van der Waals surface area contributed by atoms with E-state index < -0.39 is 5.97 Å². The van der Waals surface area contributed by atoms with Crippen LogP contribution in [0, 0.1) is 23.7 Å². The number of carbonyl (C=O) groups is 1. The minimum Gasteiger partial charge on any atom is -0.481 e. The van der Waals surface area contributed by atoms with Gasteiger partial charge in [0.2, 0.25) is 0 Å². The van der Waals surface area contributed by atoms with Crippen LogP contribution in [0.5, 0.6) is 0 Å². The summed E-state index contributed by atoms with van der Waals surface area (Å²) in [6.07, 6.45) is 2.18. The van der Waals surface area contributed by atoms with Gasteiger partial charge in [0, 0.05) is 0 Å². The van der Waals surface area contributed by atoms with Crippen LogP contribution in [0.15, 0.2) is 0 Å². The third kappa shape index (κ3) is 1.62. The zero-order chi connectivity index (χ0) is 9.30. The molecule has 0 radical (unpaired) electrons. The van der Waals surface area contributed by atoms with Gasteiger partial charge in [0.1, 0.15) is 0 Å². The van der Waals surface area contributed by atoms with Crippen molar-refractivity contribution in [3.63, 3.8) is 0 Å². The summed E-state index contributed by atoms with van der Waals surface area (Å²) in [5, 5.41) is 9.00. The molecule has 3 atom stereocenters. The summed E-state index contributed by atoms with van der Waals surface area (Å²) in [7, 11) is 0. The monoisotopic (exact) mass is 170 g/mol. The molecule has 0 heterocycles. The third-order valence-electron chi connectivity index (χ3n) is 3.17. The van der Waals surface area contributed by atoms with Crippen molar-refractivity contribution in [3.8, 4) is 0 Å². The fourth-order valence-corrected chi connectivity index (χ4v) is 2.41. The SMILES string of the molecule is CC(C)[C@H]1CCC(C)[C@H]1C(=O)O. The summed E-state index contributed by atoms with van der Waals surface area (Å²) < 4.78 is 0. The normalized spacial score (nSPS) is 35.8. The quantitative estimate of drug-likeness (QED) is 0.691. The highest BCUT2D eigenvalue weighted by atomic mass is 16.4. The van der Waals surface area contributed by atoms with E-state index in [1.165, 1.54) is 0 Å². The van der Waals surface area contributed by atoms with Gasteiger partial charge >= 0.3 is 5.97 Å². The van der Waals surface area contributed by atoms with Crippen molar-refractivity contribution in [1.29, 1.82) is 0 Å². The van der Waals surface area contributed by atoms with Crippen molar-refractivity contribution in [2.45, 2.75) is 33.6 Å². The molecular weight excluding hydrogens is 152 g/mol. The van der Waals surface area contributed by atoms with E-state index in [4.69, 9.17) is 5.11 Å². The molecule has 0 aromatic rings. The molecule has 1 fully saturated rings. The van der Waals surface area contributed by atoms with Crippen LogP contribution in [0.2, 0.25) is 0 Å². The standard InChI is InChI=1S/C10H18O2/c1-6(2)8-5-4-7(3)9(8)10(11)12/h6-9H,4-5H2,1-3H3,(H,11,12)/t7?,8-,9-/m1/s1. The second-order valence-corrected chi connectivity index (χ2v) is 4.33. The Kier molecular flexibility index (Phi) is 2.76. The molecule has 12 heavy (non-hydrogen) atoms. The summed E-state index contributed by atoms with van der Waals surface area (Å²) in [6.45, 7) is 6.30. The summed E-state index contributed by atoms with van der Waals surface area (Å²) in [6, 6.07) is 0. The molecule has 1 aliphatic rings. The first-order valence-corrected chi connectivity index (χ1v) is 4.76. The van der Waals surface area contributed by atoms with Gasteiger partial charge in [0.05, 0.1) is 5.92 Å². The Labute approximate surface area is 74.0 Å². The third-order valence-corrected chi connectivity index (χ3v) is 3.17. The molecule has 1 unspecified atom stereocenters. The van der Waals surface area contributed by atoms with Crippen LogP contribution in [0.3, 0.4) is 0 Å². The van der Waals surface area contributed by atoms with Crippen LogP contribution in [-0.4, -0.2) is 11.1 Å². The van der Waals surface area contributed by atoms with E-state index in [0.29, 0.717) is 17.8 Å². The smallest absolute Gasteiger partial charge is 0.307 e. The number of hydrogen-bond acceptors (Lipinski definition) is 1. The molecule has 0 bridgehead atoms. The molecule has 1 aliphatic carbocycles. The second kappa shape index (κ2) is 3.46. The largest absolute Gasteiger partial charge is 0.481 e. The van der Waals surface area contributed by atoms with Gasteiger partial charge in [0.15, 0.2) is 0 Å². The van der Waals surface area contributed by atoms with Gasteiger partial charge in [-0.3, -0.25) is 4.79 Å². The van der Waals surface area contributed by atoms with Crippen molar-refractivity contribution >= 4 is 5.97 Å². The average molecular weight is 170 g/mol. The Bertz CT molecular complexity index is 175. The summed E-state index contributed by atoms with van der Waals surface area (Å²) in [5.74, 6) is 0.590. The van der Waals surface area contributed by atoms with Gasteiger partial charge < -0.3 is 5.11 Å². The van der Waals surface area contributed by atoms with E-state index in [1.54, 1.807) is 0 Å². The van der Waals surface area contributed by atoms with Gasteiger partial charge in [0.25, 0.3) is 0 Å². The van der Waals surface area contributed by atoms with E-state index in [0.717, 1.165) is 12.8 Å². The van der Waals surface area contributed by atoms with Crippen LogP contribution in [0.1, 0.15) is 33.6 Å². The summed E-state index contributed by atoms with van der Waals surface area (Å²) >= 11 is 0. The highest BCUT2D eigenvalue weighted by molar-refractivity contribution is 5.71. The zero-order valence-electron chi connectivity index (χ0n) is 8.08. The maximum atomic E-state index is 10.9. The van der Waals surface area contributed by atoms with Gasteiger partial charge in [-0.1, -0.05) is 20.8 Å². The van der Waals surface area contributed by atoms with Crippen molar-refractivity contribution in [2.24, 2.45) is 23.7 Å². The molecule has 0 spiro atoms. The second-order valence-electron chi connectivity index (χ2n) is 4.33. The topological polar surface area (TPSA) is 37.3 Å². The maximum Gasteiger partial charge on any atom is 0.307 e. The predicted octanol–water partition coefficient (Wildman–Crippen LogP) is 2.39. The number of rotatable bonds is 2. The van der Waals surface area contributed by atoms with Crippen LogP contribution in [0.4, 0.5) is 0 Å². The van der Waals surface area contributed by atoms with Gasteiger partial charge in [-0.25, -0.2) is 0 Å². The molecule has 0 aromatic carbocycles. The highest BCUT2D eigenvalue weighted by Gasteiger charge is 2.39. The van der Waals surface area contributed by atoms with Crippen molar-refractivity contribution < 1.29 is 9.90 Å². The van der Waals surface area contributed by atoms with Crippen molar-refractivity contribution in [3.05, 3.63) is 0 Å². The molecule has 2 nitrogen and oxygen atoms in total. The fourth-order valence-electron chi connectivity index (χ4n) is 2.41. The fraction of sp³-hybridized carbons (Fsp3) is 0.900. The zero-order valence-corrected chi connectivity index (χ0v) is 8.08. The van der Waals surface area contributed by atoms with Crippen molar-refractivity contribution in [1.82, 2.24) is 0 Å². The molecule has 0 aromatic heterocycles. The number of hydrogen-bond donors (Lipinski definition) is 1. The van der Waals surface area contributed by atoms with Gasteiger partial charge in [-0.2, -0.15) is 0 Å². The van der Waals surface area contributed by atoms with E-state index in [-0.39, 0.29) is 5.92 Å². The highest BCUT2D eigenvalue weighted by Crippen LogP contribution is 2.40. The lowest BCUT2D eigenvalue weighted by molar-refractivity contribution is -0.144. The number of carboxylic acid groups (broad SMARTS) is 1. The Morgan fingerprint density at radius 1 is 1.42 bits per heavy atom. The van der Waals surface area contributed by atoms with Crippen molar-refractivity contribution in [2.75, 3.05) is 0 Å². The molecule has 1 saturated carbocycles. The summed E-state index contributed by atoms with van der Waals surface area (Å²) in [4.78, 5) is 10.9. The van der Waals surface area contributed by atoms with E-state index in [1.807, 2.05) is 0 Å². The Balaban J connectivity index is 2.70. The first kappa shape index (κ1) is 9.56. The molecule has 0 amide bonds. The lowest BCUT2D eigenvalue weighted by Crippen LogP contribution is -2.26. The first-order valence-electron chi connectivity index (χ1n) is 4.76. The lowest BCUT2D eigenvalue weighted by atomic mass is 9.83. The lowest BCUT2D eigenvalue weighted by Gasteiger charge is -2.21. The average Bonchev–Trinajstić information content (AvgIpc) is 2.30. The Morgan fingerprint density at radius 3 is 2.33 bits per heavy atom. The Hall–Kier alpha value is -0.530. The molecule has 0 saturated heterocycles. The van der Waals surface area contributed by atoms with E-state index >= 15 is 0 Å². The first-order chi connectivity index (χ1) is 5.54. The van der Waals surface area contributed by atoms with E-state index in [9.17, 15) is 4.79 Å². The minimum atomic E-state index is -0.598. The molecule has 1 N–H and O–H groups in total. The molecule has 1 rings (SSSR count). The Morgan fingerprint density at radius 2 is 2.00 bits per heavy atom. The van der Waals surface area contributed by atoms with Crippen LogP contribution in [-0.2, 0) is 4.79 Å². The summed E-state index contributed by atoms with van der Waals surface area (Å²) in [5.41, 5.74) is 0. The van der Waals surface area contributed by atoms with Gasteiger partial charge in [-0.05, 0) is 30.6 Å². The van der Waals surface area contributed by atoms with Crippen LogP contribution < -0.4 is 0 Å².